The first-order valence-electron chi connectivity index (χ1n) is 19.8. The molecule has 0 radical (unpaired) electrons. The van der Waals surface area contributed by atoms with E-state index in [1.807, 2.05) is 16.7 Å². The van der Waals surface area contributed by atoms with Crippen LogP contribution in [0.5, 0.6) is 0 Å². The van der Waals surface area contributed by atoms with Gasteiger partial charge in [0.2, 0.25) is 11.8 Å². The lowest BCUT2D eigenvalue weighted by molar-refractivity contribution is -0.157. The topological polar surface area (TPSA) is 84.3 Å². The van der Waals surface area contributed by atoms with E-state index in [0.717, 1.165) is 69.5 Å². The van der Waals surface area contributed by atoms with Gasteiger partial charge in [-0.3, -0.25) is 14.5 Å². The van der Waals surface area contributed by atoms with Gasteiger partial charge in [-0.1, -0.05) is 46.0 Å². The quantitative estimate of drug-likeness (QED) is 0.381. The van der Waals surface area contributed by atoms with Crippen molar-refractivity contribution in [3.05, 3.63) is 0 Å². The number of rotatable bonds is 6. The fraction of sp³-hybridized carbons (Fsp3) is 0.949. The van der Waals surface area contributed by atoms with E-state index in [1.165, 1.54) is 70.6 Å². The van der Waals surface area contributed by atoms with Gasteiger partial charge >= 0.3 is 0 Å². The highest BCUT2D eigenvalue weighted by atomic mass is 16.3. The van der Waals surface area contributed by atoms with Gasteiger partial charge in [0.25, 0.3) is 0 Å². The molecule has 2 N–H and O–H groups in total. The zero-order valence-corrected chi connectivity index (χ0v) is 29.4. The second-order valence-corrected chi connectivity index (χ2v) is 17.8. The minimum atomic E-state index is -0.288. The third-order valence-electron chi connectivity index (χ3n) is 15.8. The predicted molar refractivity (Wildman–Crippen MR) is 181 cm³/mol. The Morgan fingerprint density at radius 2 is 1.57 bits per heavy atom. The van der Waals surface area contributed by atoms with Gasteiger partial charge in [-0.2, -0.15) is 0 Å². The van der Waals surface area contributed by atoms with Crippen molar-refractivity contribution < 1.29 is 19.8 Å². The van der Waals surface area contributed by atoms with Gasteiger partial charge in [-0.15, -0.1) is 0 Å². The molecule has 260 valence electrons. The molecule has 5 saturated carbocycles. The maximum absolute atomic E-state index is 13.8. The summed E-state index contributed by atoms with van der Waals surface area (Å²) in [7, 11) is 0. The Labute approximate surface area is 279 Å². The van der Waals surface area contributed by atoms with E-state index in [9.17, 15) is 19.8 Å². The molecule has 2 amide bonds. The molecule has 7 aliphatic rings. The van der Waals surface area contributed by atoms with Crippen molar-refractivity contribution in [3.63, 3.8) is 0 Å². The summed E-state index contributed by atoms with van der Waals surface area (Å²) in [5.41, 5.74) is 0.538. The van der Waals surface area contributed by atoms with Crippen molar-refractivity contribution in [2.45, 2.75) is 154 Å². The molecular weight excluding hydrogens is 574 g/mol. The number of nitrogens with zero attached hydrogens (tertiary/aromatic N) is 3. The second-order valence-electron chi connectivity index (χ2n) is 17.8. The molecule has 0 aromatic carbocycles. The number of hydrogen-bond donors (Lipinski definition) is 2. The van der Waals surface area contributed by atoms with Crippen molar-refractivity contribution >= 4 is 11.8 Å². The van der Waals surface area contributed by atoms with Gasteiger partial charge in [-0.25, -0.2) is 0 Å². The summed E-state index contributed by atoms with van der Waals surface area (Å²) in [5.74, 6) is 4.31. The third kappa shape index (κ3) is 5.88. The van der Waals surface area contributed by atoms with Gasteiger partial charge in [0.05, 0.1) is 12.2 Å². The molecular formula is C39H65N3O4. The van der Waals surface area contributed by atoms with E-state index in [0.29, 0.717) is 37.3 Å². The number of carbonyl (C=O) groups excluding carboxylic acids is 2. The molecule has 7 fully saturated rings. The molecule has 7 nitrogen and oxygen atoms in total. The number of likely N-dealkylation sites (tertiary alicyclic amines) is 1. The molecule has 11 atom stereocenters. The maximum Gasteiger partial charge on any atom is 0.245 e. The normalized spacial score (nSPS) is 44.4. The van der Waals surface area contributed by atoms with Crippen LogP contribution in [0.25, 0.3) is 0 Å². The predicted octanol–water partition coefficient (Wildman–Crippen LogP) is 5.86. The van der Waals surface area contributed by atoms with Crippen LogP contribution in [0.2, 0.25) is 0 Å². The van der Waals surface area contributed by atoms with E-state index in [2.05, 4.69) is 18.7 Å². The highest BCUT2D eigenvalue weighted by Gasteiger charge is 2.62. The summed E-state index contributed by atoms with van der Waals surface area (Å²) in [4.78, 5) is 33.5. The van der Waals surface area contributed by atoms with Crippen molar-refractivity contribution in [3.8, 4) is 0 Å². The smallest absolute Gasteiger partial charge is 0.245 e. The van der Waals surface area contributed by atoms with E-state index < -0.39 is 0 Å². The van der Waals surface area contributed by atoms with Gasteiger partial charge in [0, 0.05) is 45.2 Å². The van der Waals surface area contributed by atoms with Crippen LogP contribution in [0.3, 0.4) is 0 Å². The molecule has 0 unspecified atom stereocenters. The Bertz CT molecular complexity index is 1100. The lowest BCUT2D eigenvalue weighted by Crippen LogP contribution is -2.62. The van der Waals surface area contributed by atoms with Crippen molar-refractivity contribution in [2.24, 2.45) is 46.3 Å². The van der Waals surface area contributed by atoms with Crippen LogP contribution < -0.4 is 0 Å². The van der Waals surface area contributed by atoms with Gasteiger partial charge in [-0.05, 0) is 124 Å². The Morgan fingerprint density at radius 3 is 2.30 bits per heavy atom. The highest BCUT2D eigenvalue weighted by Crippen LogP contribution is 2.68. The number of carbonyl (C=O) groups is 2. The maximum atomic E-state index is 13.8. The molecule has 2 heterocycles. The number of aliphatic hydroxyl groups is 2. The molecule has 0 bridgehead atoms. The van der Waals surface area contributed by atoms with E-state index in [-0.39, 0.29) is 46.9 Å². The van der Waals surface area contributed by atoms with Crippen molar-refractivity contribution in [1.82, 2.24) is 14.7 Å². The Morgan fingerprint density at radius 1 is 0.826 bits per heavy atom. The van der Waals surface area contributed by atoms with Gasteiger partial charge < -0.3 is 20.0 Å². The van der Waals surface area contributed by atoms with Gasteiger partial charge in [0.1, 0.15) is 6.04 Å². The number of piperazine rings is 1. The average Bonchev–Trinajstić information content (AvgIpc) is 3.69. The molecule has 0 aromatic rings. The number of amides is 2. The zero-order valence-electron chi connectivity index (χ0n) is 29.4. The largest absolute Gasteiger partial charge is 0.393 e. The van der Waals surface area contributed by atoms with Crippen LogP contribution in [-0.4, -0.2) is 93.7 Å². The summed E-state index contributed by atoms with van der Waals surface area (Å²) in [6.07, 6.45) is 18.8. The first-order valence-corrected chi connectivity index (χ1v) is 19.8. The van der Waals surface area contributed by atoms with Crippen LogP contribution in [0.1, 0.15) is 130 Å². The zero-order chi connectivity index (χ0) is 32.2. The summed E-state index contributed by atoms with van der Waals surface area (Å²) < 4.78 is 0. The van der Waals surface area contributed by atoms with Gasteiger partial charge in [0.15, 0.2) is 0 Å². The van der Waals surface area contributed by atoms with Crippen LogP contribution in [-0.2, 0) is 9.59 Å². The first kappa shape index (κ1) is 33.3. The van der Waals surface area contributed by atoms with Crippen LogP contribution in [0, 0.1) is 46.3 Å². The third-order valence-corrected chi connectivity index (χ3v) is 15.8. The summed E-state index contributed by atoms with van der Waals surface area (Å²) in [6.45, 7) is 10.9. The lowest BCUT2D eigenvalue weighted by atomic mass is 9.44. The molecule has 5 aliphatic carbocycles. The van der Waals surface area contributed by atoms with E-state index in [4.69, 9.17) is 0 Å². The molecule has 7 heteroatoms. The van der Waals surface area contributed by atoms with Crippen LogP contribution >= 0.6 is 0 Å². The Balaban J connectivity index is 0.956. The molecule has 2 aliphatic heterocycles. The second kappa shape index (κ2) is 13.3. The van der Waals surface area contributed by atoms with E-state index in [1.54, 1.807) is 0 Å². The highest BCUT2D eigenvalue weighted by molar-refractivity contribution is 5.88. The SMILES string of the molecule is C[C@@H](O)[C@H]1CC[C@H]2[C@@H]3CC[C@H]4C[C@H](O)[C@@H](N5CCN(C(=O)[C@@H]6CCCN6C(=O)CCC6CCCCC6)CC5)C[C@]4(C)[C@H]3CC[C@]12C. The Hall–Kier alpha value is -1.18. The Kier molecular flexibility index (Phi) is 9.61. The first-order chi connectivity index (χ1) is 22.1. The minimum Gasteiger partial charge on any atom is -0.393 e. The molecule has 46 heavy (non-hydrogen) atoms. The van der Waals surface area contributed by atoms with Crippen LogP contribution in [0.4, 0.5) is 0 Å². The number of fused-ring (bicyclic) bond motifs is 5. The fourth-order valence-corrected chi connectivity index (χ4v) is 13.2. The summed E-state index contributed by atoms with van der Waals surface area (Å²) in [5, 5.41) is 22.2. The monoisotopic (exact) mass is 639 g/mol. The molecule has 2 saturated heterocycles. The number of aliphatic hydroxyl groups excluding tert-OH is 2. The molecule has 0 aromatic heterocycles. The molecule has 7 rings (SSSR count). The fourth-order valence-electron chi connectivity index (χ4n) is 13.2. The molecule has 0 spiro atoms. The summed E-state index contributed by atoms with van der Waals surface area (Å²) in [6, 6.07) is -0.103. The average molecular weight is 640 g/mol. The van der Waals surface area contributed by atoms with Crippen molar-refractivity contribution in [1.29, 1.82) is 0 Å². The van der Waals surface area contributed by atoms with E-state index >= 15 is 0 Å². The van der Waals surface area contributed by atoms with Crippen molar-refractivity contribution in [2.75, 3.05) is 32.7 Å². The summed E-state index contributed by atoms with van der Waals surface area (Å²) >= 11 is 0. The standard InChI is InChI=1S/C39H65N3O4/c1-26(43)30-14-15-31-29-13-12-28-24-35(44)34(25-39(28,3)32(29)17-18-38(30,31)2)40-20-22-41(23-21-40)37(46)33-10-7-19-42(33)36(45)16-11-27-8-5-4-6-9-27/h26-35,43-44H,4-25H2,1-3H3/t26-,28+,29+,30-,31+,32+,33+,34+,35+,38-,39+/m1/s1. The lowest BCUT2D eigenvalue weighted by Gasteiger charge is -2.63. The number of hydrogen-bond acceptors (Lipinski definition) is 5. The minimum absolute atomic E-state index is 0.159. The van der Waals surface area contributed by atoms with Crippen LogP contribution in [0.15, 0.2) is 0 Å².